The van der Waals surface area contributed by atoms with Gasteiger partial charge in [0, 0.05) is 39.3 Å². The molecule has 1 saturated heterocycles. The van der Waals surface area contributed by atoms with E-state index in [9.17, 15) is 5.11 Å². The van der Waals surface area contributed by atoms with Crippen LogP contribution in [-0.2, 0) is 4.74 Å². The number of hydrogen-bond donors (Lipinski definition) is 1. The molecule has 2 aliphatic carbocycles. The molecule has 4 atom stereocenters. The summed E-state index contributed by atoms with van der Waals surface area (Å²) in [7, 11) is 1.72. The molecule has 1 N–H and O–H groups in total. The highest BCUT2D eigenvalue weighted by Crippen LogP contribution is 2.49. The quantitative estimate of drug-likeness (QED) is 0.659. The summed E-state index contributed by atoms with van der Waals surface area (Å²) in [5.41, 5.74) is 1.16. The van der Waals surface area contributed by atoms with Crippen molar-refractivity contribution in [3.05, 3.63) is 24.3 Å². The third kappa shape index (κ3) is 4.81. The summed E-state index contributed by atoms with van der Waals surface area (Å²) in [6.07, 6.45) is 6.59. The number of rotatable bonds is 9. The zero-order valence-electron chi connectivity index (χ0n) is 17.3. The van der Waals surface area contributed by atoms with Crippen LogP contribution in [-0.4, -0.2) is 69.2 Å². The fraction of sp³-hybridized carbons (Fsp3) is 0.739. The van der Waals surface area contributed by atoms with Crippen molar-refractivity contribution in [3.63, 3.8) is 0 Å². The molecule has 4 unspecified atom stereocenters. The standard InChI is InChI=1S/C23H36N2O3/c1-27-23-5-3-2-4-22(23)25-11-9-24(10-12-25)16-21(26)17-28-13-8-20-15-18-6-7-19(20)14-18/h2-5,18-21,26H,6-17H2,1H3. The number of aliphatic hydroxyl groups excluding tert-OH is 1. The number of aliphatic hydroxyl groups is 1. The van der Waals surface area contributed by atoms with Crippen LogP contribution in [0.5, 0.6) is 5.75 Å². The van der Waals surface area contributed by atoms with Gasteiger partial charge in [0.25, 0.3) is 0 Å². The molecule has 1 aromatic rings. The number of ether oxygens (including phenoxy) is 2. The molecule has 28 heavy (non-hydrogen) atoms. The zero-order chi connectivity index (χ0) is 19.3. The highest BCUT2D eigenvalue weighted by molar-refractivity contribution is 5.58. The van der Waals surface area contributed by atoms with Gasteiger partial charge in [0.05, 0.1) is 25.5 Å². The van der Waals surface area contributed by atoms with Crippen molar-refractivity contribution < 1.29 is 14.6 Å². The van der Waals surface area contributed by atoms with Crippen molar-refractivity contribution in [1.29, 1.82) is 0 Å². The monoisotopic (exact) mass is 388 g/mol. The van der Waals surface area contributed by atoms with E-state index in [1.807, 2.05) is 12.1 Å². The normalized spacial score (nSPS) is 28.6. The Morgan fingerprint density at radius 1 is 1.11 bits per heavy atom. The zero-order valence-corrected chi connectivity index (χ0v) is 17.3. The van der Waals surface area contributed by atoms with Gasteiger partial charge in [0.2, 0.25) is 0 Å². The Labute approximate surface area is 169 Å². The molecule has 156 valence electrons. The average Bonchev–Trinajstić information content (AvgIpc) is 3.35. The van der Waals surface area contributed by atoms with E-state index in [-0.39, 0.29) is 0 Å². The second-order valence-electron chi connectivity index (χ2n) is 8.91. The summed E-state index contributed by atoms with van der Waals surface area (Å²) in [5.74, 6) is 3.80. The highest BCUT2D eigenvalue weighted by Gasteiger charge is 2.38. The molecular formula is C23H36N2O3. The van der Waals surface area contributed by atoms with Gasteiger partial charge in [-0.2, -0.15) is 0 Å². The van der Waals surface area contributed by atoms with E-state index in [0.717, 1.165) is 62.0 Å². The molecule has 5 heteroatoms. The summed E-state index contributed by atoms with van der Waals surface area (Å²) >= 11 is 0. The predicted octanol–water partition coefficient (Wildman–Crippen LogP) is 3.02. The Hall–Kier alpha value is -1.30. The van der Waals surface area contributed by atoms with Crippen LogP contribution in [0.15, 0.2) is 24.3 Å². The summed E-state index contributed by atoms with van der Waals surface area (Å²) in [6, 6.07) is 8.20. The van der Waals surface area contributed by atoms with Crippen molar-refractivity contribution in [2.45, 2.75) is 38.2 Å². The molecule has 1 aliphatic heterocycles. The third-order valence-corrected chi connectivity index (χ3v) is 7.09. The van der Waals surface area contributed by atoms with Crippen LogP contribution in [0.1, 0.15) is 32.1 Å². The van der Waals surface area contributed by atoms with Crippen LogP contribution in [0.3, 0.4) is 0 Å². The molecule has 0 spiro atoms. The first-order chi connectivity index (χ1) is 13.7. The van der Waals surface area contributed by atoms with Crippen LogP contribution < -0.4 is 9.64 Å². The highest BCUT2D eigenvalue weighted by atomic mass is 16.5. The Bertz CT molecular complexity index is 618. The molecule has 3 aliphatic rings. The van der Waals surface area contributed by atoms with E-state index in [4.69, 9.17) is 9.47 Å². The number of β-amino-alcohol motifs (C(OH)–C–C–N with tert-alkyl or cyclic N) is 1. The number of benzene rings is 1. The lowest BCUT2D eigenvalue weighted by Gasteiger charge is -2.37. The van der Waals surface area contributed by atoms with Gasteiger partial charge in [-0.1, -0.05) is 18.6 Å². The Morgan fingerprint density at radius 3 is 2.64 bits per heavy atom. The van der Waals surface area contributed by atoms with Crippen molar-refractivity contribution >= 4 is 5.69 Å². The molecule has 1 aromatic carbocycles. The molecule has 0 radical (unpaired) electrons. The van der Waals surface area contributed by atoms with Crippen LogP contribution in [0, 0.1) is 17.8 Å². The molecule has 4 rings (SSSR count). The third-order valence-electron chi connectivity index (χ3n) is 7.09. The number of methoxy groups -OCH3 is 1. The molecule has 1 heterocycles. The number of anilines is 1. The van der Waals surface area contributed by atoms with Crippen LogP contribution in [0.25, 0.3) is 0 Å². The van der Waals surface area contributed by atoms with Gasteiger partial charge in [-0.3, -0.25) is 4.90 Å². The molecular weight excluding hydrogens is 352 g/mol. The van der Waals surface area contributed by atoms with Crippen LogP contribution >= 0.6 is 0 Å². The van der Waals surface area contributed by atoms with E-state index in [2.05, 4.69) is 21.9 Å². The van der Waals surface area contributed by atoms with E-state index in [1.54, 1.807) is 7.11 Å². The van der Waals surface area contributed by atoms with Gasteiger partial charge in [0.1, 0.15) is 5.75 Å². The maximum Gasteiger partial charge on any atom is 0.142 e. The molecule has 2 bridgehead atoms. The summed E-state index contributed by atoms with van der Waals surface area (Å²) < 4.78 is 11.3. The van der Waals surface area contributed by atoms with Crippen molar-refractivity contribution in [3.8, 4) is 5.75 Å². The first-order valence-electron chi connectivity index (χ1n) is 11.1. The van der Waals surface area contributed by atoms with Crippen LogP contribution in [0.2, 0.25) is 0 Å². The molecule has 0 amide bonds. The smallest absolute Gasteiger partial charge is 0.142 e. The van der Waals surface area contributed by atoms with Crippen molar-refractivity contribution in [1.82, 2.24) is 4.90 Å². The minimum absolute atomic E-state index is 0.391. The lowest BCUT2D eigenvalue weighted by molar-refractivity contribution is 0.0100. The minimum atomic E-state index is -0.391. The number of fused-ring (bicyclic) bond motifs is 2. The van der Waals surface area contributed by atoms with Crippen LogP contribution in [0.4, 0.5) is 5.69 Å². The summed E-state index contributed by atoms with van der Waals surface area (Å²) in [5, 5.41) is 10.4. The van der Waals surface area contributed by atoms with Gasteiger partial charge >= 0.3 is 0 Å². The largest absolute Gasteiger partial charge is 0.495 e. The van der Waals surface area contributed by atoms with E-state index in [0.29, 0.717) is 13.2 Å². The van der Waals surface area contributed by atoms with Gasteiger partial charge in [0.15, 0.2) is 0 Å². The molecule has 3 fully saturated rings. The van der Waals surface area contributed by atoms with Crippen molar-refractivity contribution in [2.75, 3.05) is 57.9 Å². The second kappa shape index (κ2) is 9.47. The first kappa shape index (κ1) is 20.0. The fourth-order valence-corrected chi connectivity index (χ4v) is 5.60. The van der Waals surface area contributed by atoms with Gasteiger partial charge in [-0.15, -0.1) is 0 Å². The lowest BCUT2D eigenvalue weighted by atomic mass is 9.87. The number of nitrogens with zero attached hydrogens (tertiary/aromatic N) is 2. The number of para-hydroxylation sites is 2. The molecule has 5 nitrogen and oxygen atoms in total. The Morgan fingerprint density at radius 2 is 1.93 bits per heavy atom. The SMILES string of the molecule is COc1ccccc1N1CCN(CC(O)COCCC2CC3CCC2C3)CC1. The lowest BCUT2D eigenvalue weighted by Crippen LogP contribution is -2.49. The number of piperazine rings is 1. The maximum atomic E-state index is 10.4. The first-order valence-corrected chi connectivity index (χ1v) is 11.1. The van der Waals surface area contributed by atoms with Gasteiger partial charge in [-0.05, 0) is 55.6 Å². The predicted molar refractivity (Wildman–Crippen MR) is 112 cm³/mol. The fourth-order valence-electron chi connectivity index (χ4n) is 5.60. The van der Waals surface area contributed by atoms with E-state index >= 15 is 0 Å². The van der Waals surface area contributed by atoms with Gasteiger partial charge < -0.3 is 19.5 Å². The Kier molecular flexibility index (Phi) is 6.76. The Balaban J connectivity index is 1.12. The topological polar surface area (TPSA) is 45.2 Å². The summed E-state index contributed by atoms with van der Waals surface area (Å²) in [4.78, 5) is 4.71. The van der Waals surface area contributed by atoms with E-state index in [1.165, 1.54) is 32.1 Å². The van der Waals surface area contributed by atoms with E-state index < -0.39 is 6.10 Å². The van der Waals surface area contributed by atoms with Gasteiger partial charge in [-0.25, -0.2) is 0 Å². The maximum absolute atomic E-state index is 10.4. The van der Waals surface area contributed by atoms with Crippen molar-refractivity contribution in [2.24, 2.45) is 17.8 Å². The molecule has 2 saturated carbocycles. The minimum Gasteiger partial charge on any atom is -0.495 e. The average molecular weight is 389 g/mol. The summed E-state index contributed by atoms with van der Waals surface area (Å²) in [6.45, 7) is 5.81. The second-order valence-corrected chi connectivity index (χ2v) is 8.91. The molecule has 0 aromatic heterocycles. The number of hydrogen-bond acceptors (Lipinski definition) is 5.